The molecule has 0 unspecified atom stereocenters. The normalized spacial score (nSPS) is 22.5. The smallest absolute Gasteiger partial charge is 0.321 e. The SMILES string of the molecule is O=C1NCCCCCN(Cc2cccnc2)[C@@H]2CN(C(=O)Nc3ccccc3F)CC[C@@H]12. The monoisotopic (exact) mass is 439 g/mol. The van der Waals surface area contributed by atoms with Gasteiger partial charge in [0.05, 0.1) is 11.6 Å². The van der Waals surface area contributed by atoms with Crippen molar-refractivity contribution in [3.8, 4) is 0 Å². The van der Waals surface area contributed by atoms with Gasteiger partial charge in [-0.05, 0) is 49.6 Å². The van der Waals surface area contributed by atoms with E-state index in [0.29, 0.717) is 32.6 Å². The number of pyridine rings is 1. The van der Waals surface area contributed by atoms with Gasteiger partial charge in [-0.25, -0.2) is 9.18 Å². The second kappa shape index (κ2) is 10.5. The van der Waals surface area contributed by atoms with Crippen LogP contribution >= 0.6 is 0 Å². The fourth-order valence-corrected chi connectivity index (χ4v) is 4.60. The second-order valence-corrected chi connectivity index (χ2v) is 8.50. The van der Waals surface area contributed by atoms with Crippen molar-refractivity contribution in [1.82, 2.24) is 20.1 Å². The van der Waals surface area contributed by atoms with Gasteiger partial charge < -0.3 is 15.5 Å². The summed E-state index contributed by atoms with van der Waals surface area (Å²) in [6.45, 7) is 3.09. The number of anilines is 1. The number of amides is 3. The minimum Gasteiger partial charge on any atom is -0.356 e. The predicted octanol–water partition coefficient (Wildman–Crippen LogP) is 3.25. The lowest BCUT2D eigenvalue weighted by Gasteiger charge is -2.44. The lowest BCUT2D eigenvalue weighted by atomic mass is 9.88. The molecule has 3 amide bonds. The molecule has 32 heavy (non-hydrogen) atoms. The molecule has 0 radical (unpaired) electrons. The van der Waals surface area contributed by atoms with Crippen LogP contribution in [0.5, 0.6) is 0 Å². The molecule has 7 nitrogen and oxygen atoms in total. The lowest BCUT2D eigenvalue weighted by molar-refractivity contribution is -0.129. The van der Waals surface area contributed by atoms with Crippen molar-refractivity contribution < 1.29 is 14.0 Å². The van der Waals surface area contributed by atoms with Crippen LogP contribution in [0.15, 0.2) is 48.8 Å². The molecule has 8 heteroatoms. The third-order valence-corrected chi connectivity index (χ3v) is 6.32. The third kappa shape index (κ3) is 5.43. The van der Waals surface area contributed by atoms with E-state index >= 15 is 0 Å². The fraction of sp³-hybridized carbons (Fsp3) is 0.458. The van der Waals surface area contributed by atoms with Crippen LogP contribution in [-0.4, -0.2) is 58.9 Å². The summed E-state index contributed by atoms with van der Waals surface area (Å²) < 4.78 is 14.0. The molecule has 170 valence electrons. The van der Waals surface area contributed by atoms with Gasteiger partial charge in [-0.1, -0.05) is 24.6 Å². The largest absolute Gasteiger partial charge is 0.356 e. The van der Waals surface area contributed by atoms with Gasteiger partial charge in [-0.3, -0.25) is 14.7 Å². The Hall–Kier alpha value is -3.00. The maximum Gasteiger partial charge on any atom is 0.321 e. The molecule has 4 rings (SSSR count). The van der Waals surface area contributed by atoms with E-state index in [2.05, 4.69) is 20.5 Å². The topological polar surface area (TPSA) is 77.6 Å². The number of piperidine rings is 1. The van der Waals surface area contributed by atoms with E-state index < -0.39 is 5.82 Å². The van der Waals surface area contributed by atoms with E-state index in [-0.39, 0.29) is 29.6 Å². The van der Waals surface area contributed by atoms with Crippen molar-refractivity contribution in [3.05, 3.63) is 60.2 Å². The maximum absolute atomic E-state index is 14.0. The molecule has 0 bridgehead atoms. The Kier molecular flexibility index (Phi) is 7.32. The molecule has 2 fully saturated rings. The second-order valence-electron chi connectivity index (χ2n) is 8.50. The van der Waals surface area contributed by atoms with Gasteiger partial charge in [-0.15, -0.1) is 0 Å². The summed E-state index contributed by atoms with van der Waals surface area (Å²) in [6, 6.07) is 9.63. The van der Waals surface area contributed by atoms with E-state index in [9.17, 15) is 14.0 Å². The molecule has 0 aliphatic carbocycles. The van der Waals surface area contributed by atoms with E-state index in [4.69, 9.17) is 0 Å². The summed E-state index contributed by atoms with van der Waals surface area (Å²) in [5.74, 6) is -0.600. The van der Waals surface area contributed by atoms with E-state index in [1.54, 1.807) is 29.3 Å². The molecule has 2 saturated heterocycles. The third-order valence-electron chi connectivity index (χ3n) is 6.32. The van der Waals surface area contributed by atoms with Crippen molar-refractivity contribution in [2.24, 2.45) is 5.92 Å². The van der Waals surface area contributed by atoms with Crippen molar-refractivity contribution in [2.45, 2.75) is 38.3 Å². The van der Waals surface area contributed by atoms with Crippen molar-refractivity contribution in [3.63, 3.8) is 0 Å². The number of likely N-dealkylation sites (tertiary alicyclic amines) is 1. The highest BCUT2D eigenvalue weighted by molar-refractivity contribution is 5.90. The van der Waals surface area contributed by atoms with Crippen LogP contribution in [-0.2, 0) is 11.3 Å². The minimum atomic E-state index is -0.466. The molecule has 3 heterocycles. The molecule has 2 atom stereocenters. The molecule has 0 saturated carbocycles. The van der Waals surface area contributed by atoms with Crippen molar-refractivity contribution in [1.29, 1.82) is 0 Å². The highest BCUT2D eigenvalue weighted by Crippen LogP contribution is 2.26. The molecule has 2 N–H and O–H groups in total. The Labute approximate surface area is 188 Å². The Bertz CT molecular complexity index is 926. The van der Waals surface area contributed by atoms with Gasteiger partial charge in [0.2, 0.25) is 5.91 Å². The number of halogens is 1. The van der Waals surface area contributed by atoms with Gasteiger partial charge in [0.15, 0.2) is 0 Å². The van der Waals surface area contributed by atoms with Gasteiger partial charge in [-0.2, -0.15) is 0 Å². The lowest BCUT2D eigenvalue weighted by Crippen LogP contribution is -2.58. The first-order valence-electron chi connectivity index (χ1n) is 11.3. The molecular weight excluding hydrogens is 409 g/mol. The van der Waals surface area contributed by atoms with Crippen LogP contribution in [0.4, 0.5) is 14.9 Å². The van der Waals surface area contributed by atoms with Crippen molar-refractivity contribution in [2.75, 3.05) is 31.5 Å². The molecular formula is C24H30FN5O2. The number of carbonyl (C=O) groups is 2. The van der Waals surface area contributed by atoms with E-state index in [1.807, 2.05) is 18.3 Å². The molecule has 2 aliphatic heterocycles. The molecule has 0 spiro atoms. The summed E-state index contributed by atoms with van der Waals surface area (Å²) in [5.41, 5.74) is 1.24. The van der Waals surface area contributed by atoms with Gasteiger partial charge in [0.1, 0.15) is 5.82 Å². The Balaban J connectivity index is 1.54. The maximum atomic E-state index is 14.0. The van der Waals surface area contributed by atoms with Crippen LogP contribution < -0.4 is 10.6 Å². The number of aromatic nitrogens is 1. The first-order chi connectivity index (χ1) is 15.6. The highest BCUT2D eigenvalue weighted by atomic mass is 19.1. The number of urea groups is 1. The zero-order valence-corrected chi connectivity index (χ0v) is 18.2. The number of carbonyl (C=O) groups excluding carboxylic acids is 2. The molecule has 1 aromatic heterocycles. The summed E-state index contributed by atoms with van der Waals surface area (Å²) in [7, 11) is 0. The average Bonchev–Trinajstić information content (AvgIpc) is 2.82. The van der Waals surface area contributed by atoms with E-state index in [1.165, 1.54) is 6.07 Å². The number of fused-ring (bicyclic) bond motifs is 1. The summed E-state index contributed by atoms with van der Waals surface area (Å²) in [4.78, 5) is 34.1. The molecule has 1 aromatic carbocycles. The quantitative estimate of drug-likeness (QED) is 0.770. The van der Waals surface area contributed by atoms with Crippen molar-refractivity contribution >= 4 is 17.6 Å². The number of benzene rings is 1. The first kappa shape index (κ1) is 22.2. The standard InChI is InChI=1S/C24H30FN5O2/c25-20-8-2-3-9-21(20)28-24(32)30-14-10-19-22(17-30)29(16-18-7-6-11-26-15-18)13-5-1-4-12-27-23(19)31/h2-3,6-9,11,15,19,22H,1,4-5,10,12-14,16-17H2,(H,27,31)(H,28,32)/t19-,22-/m1/s1. The fourth-order valence-electron chi connectivity index (χ4n) is 4.60. The Morgan fingerprint density at radius 3 is 2.84 bits per heavy atom. The number of nitrogens with zero attached hydrogens (tertiary/aromatic N) is 3. The van der Waals surface area contributed by atoms with Crippen LogP contribution in [0, 0.1) is 11.7 Å². The van der Waals surface area contributed by atoms with Gasteiger partial charge in [0, 0.05) is 44.6 Å². The van der Waals surface area contributed by atoms with Crippen LogP contribution in [0.2, 0.25) is 0 Å². The van der Waals surface area contributed by atoms with Gasteiger partial charge in [0.25, 0.3) is 0 Å². The van der Waals surface area contributed by atoms with Crippen LogP contribution in [0.3, 0.4) is 0 Å². The van der Waals surface area contributed by atoms with E-state index in [0.717, 1.165) is 31.4 Å². The number of rotatable bonds is 3. The Morgan fingerprint density at radius 2 is 2.03 bits per heavy atom. The van der Waals surface area contributed by atoms with Crippen LogP contribution in [0.25, 0.3) is 0 Å². The zero-order chi connectivity index (χ0) is 22.3. The molecule has 2 aromatic rings. The molecule has 2 aliphatic rings. The number of para-hydroxylation sites is 1. The number of hydrogen-bond acceptors (Lipinski definition) is 4. The summed E-state index contributed by atoms with van der Waals surface area (Å²) in [5, 5.41) is 5.77. The number of hydrogen-bond donors (Lipinski definition) is 2. The summed E-state index contributed by atoms with van der Waals surface area (Å²) in [6.07, 6.45) is 7.21. The zero-order valence-electron chi connectivity index (χ0n) is 18.2. The average molecular weight is 440 g/mol. The van der Waals surface area contributed by atoms with Crippen LogP contribution in [0.1, 0.15) is 31.2 Å². The Morgan fingerprint density at radius 1 is 1.16 bits per heavy atom. The summed E-state index contributed by atoms with van der Waals surface area (Å²) >= 11 is 0. The number of nitrogens with one attached hydrogen (secondary N) is 2. The first-order valence-corrected chi connectivity index (χ1v) is 11.3. The van der Waals surface area contributed by atoms with Gasteiger partial charge >= 0.3 is 6.03 Å². The minimum absolute atomic E-state index is 0.0576. The predicted molar refractivity (Wildman–Crippen MR) is 120 cm³/mol. The highest BCUT2D eigenvalue weighted by Gasteiger charge is 2.39.